The predicted octanol–water partition coefficient (Wildman–Crippen LogP) is 4.72. The van der Waals surface area contributed by atoms with Crippen molar-refractivity contribution in [3.05, 3.63) is 22.7 Å². The molecule has 0 bridgehead atoms. The zero-order valence-electron chi connectivity index (χ0n) is 18.8. The Labute approximate surface area is 179 Å². The summed E-state index contributed by atoms with van der Waals surface area (Å²) < 4.78 is 11.1. The first-order valence-electron chi connectivity index (χ1n) is 10.7. The van der Waals surface area contributed by atoms with Gasteiger partial charge >= 0.3 is 11.9 Å². The van der Waals surface area contributed by atoms with Gasteiger partial charge in [-0.25, -0.2) is 0 Å². The zero-order chi connectivity index (χ0) is 22.7. The second-order valence-corrected chi connectivity index (χ2v) is 7.45. The van der Waals surface area contributed by atoms with Crippen LogP contribution in [0.4, 0.5) is 0 Å². The molecule has 0 amide bonds. The van der Waals surface area contributed by atoms with Gasteiger partial charge in [0.1, 0.15) is 12.8 Å². The lowest BCUT2D eigenvalue weighted by Crippen LogP contribution is -2.38. The van der Waals surface area contributed by atoms with Crippen molar-refractivity contribution in [1.29, 1.82) is 10.5 Å². The first kappa shape index (κ1) is 25.2. The molecule has 0 spiro atoms. The average molecular weight is 416 g/mol. The summed E-state index contributed by atoms with van der Waals surface area (Å²) in [4.78, 5) is 26.3. The molecular weight excluding hydrogens is 382 g/mol. The predicted molar refractivity (Wildman–Crippen MR) is 112 cm³/mol. The van der Waals surface area contributed by atoms with Crippen LogP contribution in [-0.2, 0) is 19.1 Å². The number of nitrogens with zero attached hydrogens (tertiary/aromatic N) is 3. The van der Waals surface area contributed by atoms with E-state index in [0.717, 1.165) is 43.5 Å². The molecule has 0 aromatic carbocycles. The molecule has 0 aromatic heterocycles. The fourth-order valence-corrected chi connectivity index (χ4v) is 3.70. The lowest BCUT2D eigenvalue weighted by molar-refractivity contribution is -0.151. The number of hydrogen-bond acceptors (Lipinski definition) is 7. The number of unbranched alkanes of at least 4 members (excludes halogenated alkanes) is 1. The van der Waals surface area contributed by atoms with Gasteiger partial charge in [0, 0.05) is 12.2 Å². The van der Waals surface area contributed by atoms with E-state index in [1.165, 1.54) is 0 Å². The van der Waals surface area contributed by atoms with Crippen molar-refractivity contribution in [1.82, 2.24) is 4.90 Å². The molecule has 0 fully saturated rings. The highest BCUT2D eigenvalue weighted by atomic mass is 16.6. The third kappa shape index (κ3) is 6.62. The van der Waals surface area contributed by atoms with E-state index in [-0.39, 0.29) is 12.2 Å². The van der Waals surface area contributed by atoms with Gasteiger partial charge in [0.15, 0.2) is 11.9 Å². The monoisotopic (exact) mass is 415 g/mol. The summed E-state index contributed by atoms with van der Waals surface area (Å²) in [6, 6.07) is 3.57. The molecule has 0 aliphatic carbocycles. The Bertz CT molecular complexity index is 770. The minimum atomic E-state index is -0.870. The van der Waals surface area contributed by atoms with Crippen LogP contribution in [0.2, 0.25) is 0 Å². The van der Waals surface area contributed by atoms with Gasteiger partial charge in [-0.05, 0) is 38.2 Å². The molecular formula is C23H33N3O4. The van der Waals surface area contributed by atoms with E-state index in [9.17, 15) is 9.59 Å². The molecule has 7 nitrogen and oxygen atoms in total. The van der Waals surface area contributed by atoms with Crippen molar-refractivity contribution in [3.63, 3.8) is 0 Å². The highest BCUT2D eigenvalue weighted by Gasteiger charge is 2.36. The van der Waals surface area contributed by atoms with Gasteiger partial charge in [-0.2, -0.15) is 10.5 Å². The lowest BCUT2D eigenvalue weighted by Gasteiger charge is -2.39. The number of carbonyl (C=O) groups excluding carboxylic acids is 2. The van der Waals surface area contributed by atoms with E-state index in [0.29, 0.717) is 18.0 Å². The molecule has 1 rings (SSSR count). The molecule has 1 aliphatic rings. The van der Waals surface area contributed by atoms with Gasteiger partial charge in [-0.15, -0.1) is 0 Å². The zero-order valence-corrected chi connectivity index (χ0v) is 18.8. The van der Waals surface area contributed by atoms with Gasteiger partial charge in [0.05, 0.1) is 17.8 Å². The van der Waals surface area contributed by atoms with Crippen molar-refractivity contribution < 1.29 is 19.1 Å². The van der Waals surface area contributed by atoms with Gasteiger partial charge in [0.2, 0.25) is 0 Å². The van der Waals surface area contributed by atoms with E-state index in [1.54, 1.807) is 12.1 Å². The van der Waals surface area contributed by atoms with Gasteiger partial charge < -0.3 is 14.4 Å². The fraction of sp³-hybridized carbons (Fsp3) is 0.652. The minimum absolute atomic E-state index is 0.231. The molecule has 2 atom stereocenters. The molecule has 0 saturated carbocycles. The van der Waals surface area contributed by atoms with Crippen molar-refractivity contribution in [2.45, 2.75) is 85.7 Å². The van der Waals surface area contributed by atoms with Crippen molar-refractivity contribution >= 4 is 11.9 Å². The van der Waals surface area contributed by atoms with Crippen LogP contribution in [0, 0.1) is 28.6 Å². The molecule has 1 heterocycles. The van der Waals surface area contributed by atoms with Gasteiger partial charge in [0.25, 0.3) is 0 Å². The maximum atomic E-state index is 12.1. The van der Waals surface area contributed by atoms with Crippen molar-refractivity contribution in [2.75, 3.05) is 6.54 Å². The largest absolute Gasteiger partial charge is 0.449 e. The van der Waals surface area contributed by atoms with E-state index in [2.05, 4.69) is 18.7 Å². The van der Waals surface area contributed by atoms with Crippen LogP contribution >= 0.6 is 0 Å². The second-order valence-electron chi connectivity index (χ2n) is 7.45. The Kier molecular flexibility index (Phi) is 10.7. The first-order valence-corrected chi connectivity index (χ1v) is 10.7. The van der Waals surface area contributed by atoms with E-state index in [4.69, 9.17) is 20.0 Å². The van der Waals surface area contributed by atoms with Gasteiger partial charge in [-0.1, -0.05) is 40.0 Å². The van der Waals surface area contributed by atoms with Crippen LogP contribution in [0.5, 0.6) is 0 Å². The quantitative estimate of drug-likeness (QED) is 0.450. The Morgan fingerprint density at radius 3 is 2.23 bits per heavy atom. The van der Waals surface area contributed by atoms with E-state index < -0.39 is 24.5 Å². The smallest absolute Gasteiger partial charge is 0.325 e. The van der Waals surface area contributed by atoms with Gasteiger partial charge in [-0.3, -0.25) is 9.59 Å². The maximum absolute atomic E-state index is 12.1. The number of hydrogen-bond donors (Lipinski definition) is 0. The molecule has 164 valence electrons. The molecule has 2 unspecified atom stereocenters. The number of allylic oxidation sites excluding steroid dienone is 2. The molecule has 0 saturated heterocycles. The number of rotatable bonds is 11. The van der Waals surface area contributed by atoms with Crippen LogP contribution in [0.15, 0.2) is 22.7 Å². The molecule has 7 heteroatoms. The maximum Gasteiger partial charge on any atom is 0.325 e. The third-order valence-corrected chi connectivity index (χ3v) is 5.47. The average Bonchev–Trinajstić information content (AvgIpc) is 2.71. The Balaban J connectivity index is 3.36. The molecule has 0 radical (unpaired) electrons. The Morgan fingerprint density at radius 1 is 1.07 bits per heavy atom. The highest BCUT2D eigenvalue weighted by molar-refractivity contribution is 5.74. The highest BCUT2D eigenvalue weighted by Crippen LogP contribution is 2.36. The lowest BCUT2D eigenvalue weighted by atomic mass is 9.93. The number of ether oxygens (including phenoxy) is 2. The van der Waals surface area contributed by atoms with Crippen LogP contribution in [0.3, 0.4) is 0 Å². The number of esters is 2. The normalized spacial score (nSPS) is 17.3. The number of carbonyl (C=O) groups is 2. The topological polar surface area (TPSA) is 103 Å². The third-order valence-electron chi connectivity index (χ3n) is 5.47. The molecule has 0 N–H and O–H groups in total. The standard InChI is InChI=1S/C23H33N3O4/c1-6-9-10-18(7-2)15-26-16(4)19(8-3)23(30-21(28)12-14-25)22(17(26)5)29-20(27)11-13-24/h18,23H,6-12,15H2,1-5H3. The van der Waals surface area contributed by atoms with Crippen LogP contribution in [-0.4, -0.2) is 29.5 Å². The Hall–Kier alpha value is -2.80. The SMILES string of the molecule is CCCCC(CC)CN1C(C)=C(CC)C(OC(=O)CC#N)C(OC(=O)CC#N)=C1C. The first-order chi connectivity index (χ1) is 14.3. The minimum Gasteiger partial charge on any atom is -0.449 e. The summed E-state index contributed by atoms with van der Waals surface area (Å²) in [5.41, 5.74) is 2.50. The van der Waals surface area contributed by atoms with E-state index in [1.807, 2.05) is 20.8 Å². The van der Waals surface area contributed by atoms with E-state index >= 15 is 0 Å². The summed E-state index contributed by atoms with van der Waals surface area (Å²) in [6.07, 6.45) is 3.36. The summed E-state index contributed by atoms with van der Waals surface area (Å²) >= 11 is 0. The van der Waals surface area contributed by atoms with Crippen LogP contribution in [0.25, 0.3) is 0 Å². The summed E-state index contributed by atoms with van der Waals surface area (Å²) in [5.74, 6) is -0.664. The summed E-state index contributed by atoms with van der Waals surface area (Å²) in [7, 11) is 0. The summed E-state index contributed by atoms with van der Waals surface area (Å²) in [5, 5.41) is 17.6. The summed E-state index contributed by atoms with van der Waals surface area (Å²) in [6.45, 7) is 10.9. The molecule has 0 aromatic rings. The Morgan fingerprint density at radius 2 is 1.70 bits per heavy atom. The molecule has 1 aliphatic heterocycles. The van der Waals surface area contributed by atoms with Crippen LogP contribution in [0.1, 0.15) is 79.6 Å². The van der Waals surface area contributed by atoms with Crippen molar-refractivity contribution in [3.8, 4) is 12.1 Å². The second kappa shape index (κ2) is 12.7. The molecule has 30 heavy (non-hydrogen) atoms. The fourth-order valence-electron chi connectivity index (χ4n) is 3.70. The number of nitriles is 2. The van der Waals surface area contributed by atoms with Crippen LogP contribution < -0.4 is 0 Å². The van der Waals surface area contributed by atoms with Crippen molar-refractivity contribution in [2.24, 2.45) is 5.92 Å².